The van der Waals surface area contributed by atoms with Crippen LogP contribution in [0.4, 0.5) is 0 Å². The molecule has 0 aromatic rings. The molecule has 0 radical (unpaired) electrons. The van der Waals surface area contributed by atoms with Crippen LogP contribution in [0.1, 0.15) is 60.3 Å². The molecule has 0 spiro atoms. The molecule has 0 bridgehead atoms. The van der Waals surface area contributed by atoms with Gasteiger partial charge in [-0.1, -0.05) is 43.7 Å². The second-order valence-electron chi connectivity index (χ2n) is 6.76. The van der Waals surface area contributed by atoms with Crippen molar-refractivity contribution in [2.45, 2.75) is 66.4 Å². The molecule has 1 heterocycles. The Balaban J connectivity index is 3.08. The first-order chi connectivity index (χ1) is 10.7. The number of hydrogen-bond donors (Lipinski definition) is 0. The summed E-state index contributed by atoms with van der Waals surface area (Å²) in [4.78, 5) is 24.4. The van der Waals surface area contributed by atoms with Crippen molar-refractivity contribution >= 4 is 11.8 Å². The molecular weight excluding hydrogens is 288 g/mol. The van der Waals surface area contributed by atoms with Gasteiger partial charge in [-0.15, -0.1) is 0 Å². The molecule has 0 N–H and O–H groups in total. The van der Waals surface area contributed by atoms with E-state index in [1.807, 2.05) is 26.8 Å². The lowest BCUT2D eigenvalue weighted by molar-refractivity contribution is -0.154. The Morgan fingerprint density at radius 1 is 1.22 bits per heavy atom. The van der Waals surface area contributed by atoms with E-state index >= 15 is 0 Å². The Bertz CT molecular complexity index is 525. The van der Waals surface area contributed by atoms with Crippen molar-refractivity contribution in [3.05, 3.63) is 35.5 Å². The summed E-state index contributed by atoms with van der Waals surface area (Å²) < 4.78 is 5.56. The van der Waals surface area contributed by atoms with Crippen molar-refractivity contribution in [3.8, 4) is 0 Å². The normalized spacial score (nSPS) is 33.1. The van der Waals surface area contributed by atoms with Crippen LogP contribution in [0.2, 0.25) is 0 Å². The highest BCUT2D eigenvalue weighted by Crippen LogP contribution is 2.22. The molecule has 3 heteroatoms. The summed E-state index contributed by atoms with van der Waals surface area (Å²) in [6, 6.07) is 0. The molecule has 0 saturated heterocycles. The van der Waals surface area contributed by atoms with E-state index in [1.54, 1.807) is 6.92 Å². The highest BCUT2D eigenvalue weighted by molar-refractivity contribution is 5.98. The zero-order valence-electron chi connectivity index (χ0n) is 15.1. The van der Waals surface area contributed by atoms with Gasteiger partial charge in [0.25, 0.3) is 0 Å². The van der Waals surface area contributed by atoms with Gasteiger partial charge in [-0.05, 0) is 51.5 Å². The summed E-state index contributed by atoms with van der Waals surface area (Å²) in [5.41, 5.74) is 3.20. The van der Waals surface area contributed by atoms with Crippen molar-refractivity contribution in [2.75, 3.05) is 0 Å². The van der Waals surface area contributed by atoms with Crippen molar-refractivity contribution in [3.63, 3.8) is 0 Å². The Morgan fingerprint density at radius 2 is 1.87 bits per heavy atom. The van der Waals surface area contributed by atoms with Crippen LogP contribution < -0.4 is 0 Å². The number of esters is 1. The van der Waals surface area contributed by atoms with Gasteiger partial charge in [0.05, 0.1) is 0 Å². The van der Waals surface area contributed by atoms with Crippen LogP contribution in [0.15, 0.2) is 35.5 Å². The number of ketones is 1. The molecule has 23 heavy (non-hydrogen) atoms. The first-order valence-electron chi connectivity index (χ1n) is 8.51. The standard InChI is InChI=1S/C20H30O3/c1-7-19-16(5)12-15(4)11-14(3)10-13(2)8-9-18(21)17(6)20(22)23-19/h10,12,14,17,19H,4,7-9,11H2,1-3,5-6H3/b13-10+,16-12+/t14-,17-,19-/m1/s1. The predicted molar refractivity (Wildman–Crippen MR) is 94.0 cm³/mol. The first kappa shape index (κ1) is 19.4. The van der Waals surface area contributed by atoms with Gasteiger partial charge >= 0.3 is 5.97 Å². The number of cyclic esters (lactones) is 1. The molecule has 128 valence electrons. The van der Waals surface area contributed by atoms with Gasteiger partial charge in [-0.2, -0.15) is 0 Å². The lowest BCUT2D eigenvalue weighted by Crippen LogP contribution is -2.28. The van der Waals surface area contributed by atoms with Gasteiger partial charge in [0.1, 0.15) is 17.8 Å². The van der Waals surface area contributed by atoms with E-state index in [2.05, 4.69) is 19.6 Å². The molecule has 0 fully saturated rings. The van der Waals surface area contributed by atoms with Gasteiger partial charge < -0.3 is 4.74 Å². The number of carbonyl (C=O) groups excluding carboxylic acids is 2. The Kier molecular flexibility index (Phi) is 7.47. The number of rotatable bonds is 1. The number of allylic oxidation sites excluding steroid dienone is 4. The quantitative estimate of drug-likeness (QED) is 0.397. The topological polar surface area (TPSA) is 43.4 Å². The van der Waals surface area contributed by atoms with Crippen molar-refractivity contribution < 1.29 is 14.3 Å². The second kappa shape index (κ2) is 8.85. The van der Waals surface area contributed by atoms with Crippen LogP contribution >= 0.6 is 0 Å². The predicted octanol–water partition coefficient (Wildman–Crippen LogP) is 4.78. The summed E-state index contributed by atoms with van der Waals surface area (Å²) >= 11 is 0. The minimum Gasteiger partial charge on any atom is -0.457 e. The fourth-order valence-electron chi connectivity index (χ4n) is 2.92. The molecule has 0 unspecified atom stereocenters. The maximum atomic E-state index is 12.2. The molecule has 0 saturated carbocycles. The number of carbonyl (C=O) groups is 2. The second-order valence-corrected chi connectivity index (χ2v) is 6.76. The summed E-state index contributed by atoms with van der Waals surface area (Å²) in [7, 11) is 0. The first-order valence-corrected chi connectivity index (χ1v) is 8.51. The molecule has 0 aliphatic carbocycles. The van der Waals surface area contributed by atoms with Crippen LogP contribution in [0, 0.1) is 11.8 Å². The number of ether oxygens (including phenoxy) is 1. The maximum Gasteiger partial charge on any atom is 0.316 e. The van der Waals surface area contributed by atoms with E-state index in [0.29, 0.717) is 25.2 Å². The molecule has 1 aliphatic heterocycles. The van der Waals surface area contributed by atoms with Crippen molar-refractivity contribution in [1.82, 2.24) is 0 Å². The van der Waals surface area contributed by atoms with Gasteiger partial charge in [-0.25, -0.2) is 0 Å². The average molecular weight is 318 g/mol. The van der Waals surface area contributed by atoms with E-state index in [1.165, 1.54) is 5.57 Å². The average Bonchev–Trinajstić information content (AvgIpc) is 2.47. The molecule has 3 nitrogen and oxygen atoms in total. The van der Waals surface area contributed by atoms with E-state index in [4.69, 9.17) is 4.74 Å². The van der Waals surface area contributed by atoms with Gasteiger partial charge in [0, 0.05) is 6.42 Å². The van der Waals surface area contributed by atoms with E-state index in [9.17, 15) is 9.59 Å². The van der Waals surface area contributed by atoms with Crippen LogP contribution in [-0.4, -0.2) is 17.9 Å². The SMILES string of the molecule is C=C1/C=C(\C)[C@@H](CC)OC(=O)[C@H](C)C(=O)CC/C(C)=C/[C@@H](C)C1. The molecule has 0 aromatic heterocycles. The zero-order chi connectivity index (χ0) is 17.6. The van der Waals surface area contributed by atoms with Crippen molar-refractivity contribution in [2.24, 2.45) is 11.8 Å². The lowest BCUT2D eigenvalue weighted by Gasteiger charge is -2.20. The Hall–Kier alpha value is -1.64. The third-order valence-corrected chi connectivity index (χ3v) is 4.32. The lowest BCUT2D eigenvalue weighted by atomic mass is 9.94. The molecular formula is C20H30O3. The molecule has 1 aliphatic rings. The zero-order valence-corrected chi connectivity index (χ0v) is 15.1. The maximum absolute atomic E-state index is 12.2. The molecule has 0 aromatic carbocycles. The Labute approximate surface area is 140 Å². The summed E-state index contributed by atoms with van der Waals surface area (Å²) in [5, 5.41) is 0. The van der Waals surface area contributed by atoms with Gasteiger partial charge in [0.2, 0.25) is 0 Å². The number of Topliss-reactive ketones (excluding diaryl/α,β-unsaturated/α-hetero) is 1. The van der Waals surface area contributed by atoms with E-state index in [-0.39, 0.29) is 11.9 Å². The van der Waals surface area contributed by atoms with Crippen LogP contribution in [-0.2, 0) is 14.3 Å². The molecule has 1 rings (SSSR count). The van der Waals surface area contributed by atoms with Crippen LogP contribution in [0.5, 0.6) is 0 Å². The minimum absolute atomic E-state index is 0.0478. The summed E-state index contributed by atoms with van der Waals surface area (Å²) in [6.45, 7) is 13.9. The third-order valence-electron chi connectivity index (χ3n) is 4.32. The fraction of sp³-hybridized carbons (Fsp3) is 0.600. The molecule has 3 atom stereocenters. The van der Waals surface area contributed by atoms with Gasteiger partial charge in [-0.3, -0.25) is 9.59 Å². The van der Waals surface area contributed by atoms with Gasteiger partial charge in [0.15, 0.2) is 0 Å². The van der Waals surface area contributed by atoms with Crippen LogP contribution in [0.25, 0.3) is 0 Å². The molecule has 0 amide bonds. The smallest absolute Gasteiger partial charge is 0.316 e. The van der Waals surface area contributed by atoms with E-state index in [0.717, 1.165) is 17.6 Å². The monoisotopic (exact) mass is 318 g/mol. The summed E-state index contributed by atoms with van der Waals surface area (Å²) in [6.07, 6.45) is 6.56. The number of hydrogen-bond acceptors (Lipinski definition) is 3. The Morgan fingerprint density at radius 3 is 2.48 bits per heavy atom. The van der Waals surface area contributed by atoms with E-state index < -0.39 is 11.9 Å². The highest BCUT2D eigenvalue weighted by atomic mass is 16.5. The van der Waals surface area contributed by atoms with Crippen molar-refractivity contribution in [1.29, 1.82) is 0 Å². The minimum atomic E-state index is -0.701. The largest absolute Gasteiger partial charge is 0.457 e. The fourth-order valence-corrected chi connectivity index (χ4v) is 2.92. The van der Waals surface area contributed by atoms with Crippen LogP contribution in [0.3, 0.4) is 0 Å². The summed E-state index contributed by atoms with van der Waals surface area (Å²) in [5.74, 6) is -0.793. The highest BCUT2D eigenvalue weighted by Gasteiger charge is 2.25. The third kappa shape index (κ3) is 6.17.